The summed E-state index contributed by atoms with van der Waals surface area (Å²) in [6.07, 6.45) is 1.06. The number of hydrogen-bond donors (Lipinski definition) is 1. The summed E-state index contributed by atoms with van der Waals surface area (Å²) in [4.78, 5) is 12.6. The predicted molar refractivity (Wildman–Crippen MR) is 113 cm³/mol. The highest BCUT2D eigenvalue weighted by Gasteiger charge is 2.23. The minimum absolute atomic E-state index is 0.00277. The highest BCUT2D eigenvalue weighted by atomic mass is 35.5. The summed E-state index contributed by atoms with van der Waals surface area (Å²) >= 11 is 6.13. The van der Waals surface area contributed by atoms with E-state index in [1.165, 1.54) is 7.11 Å². The van der Waals surface area contributed by atoms with Gasteiger partial charge in [-0.2, -0.15) is 4.31 Å². The molecule has 1 atom stereocenters. The van der Waals surface area contributed by atoms with Gasteiger partial charge in [0.25, 0.3) is 0 Å². The van der Waals surface area contributed by atoms with Crippen molar-refractivity contribution in [2.45, 2.75) is 19.5 Å². The summed E-state index contributed by atoms with van der Waals surface area (Å²) in [6.45, 7) is 1.46. The zero-order valence-corrected chi connectivity index (χ0v) is 18.4. The van der Waals surface area contributed by atoms with Crippen molar-refractivity contribution in [2.24, 2.45) is 0 Å². The second-order valence-corrected chi connectivity index (χ2v) is 8.91. The summed E-state index contributed by atoms with van der Waals surface area (Å²) in [6, 6.07) is 11.8. The maximum absolute atomic E-state index is 12.6. The van der Waals surface area contributed by atoms with Crippen LogP contribution in [0.5, 0.6) is 11.5 Å². The molecule has 1 N–H and O–H groups in total. The highest BCUT2D eigenvalue weighted by Crippen LogP contribution is 2.29. The Morgan fingerprint density at radius 3 is 2.45 bits per heavy atom. The molecule has 2 aromatic rings. The van der Waals surface area contributed by atoms with E-state index < -0.39 is 22.0 Å². The Balaban J connectivity index is 2.15. The number of ether oxygens (including phenoxy) is 2. The molecule has 0 fully saturated rings. The van der Waals surface area contributed by atoms with Crippen LogP contribution in [0.25, 0.3) is 0 Å². The van der Waals surface area contributed by atoms with Gasteiger partial charge in [-0.05, 0) is 36.8 Å². The summed E-state index contributed by atoms with van der Waals surface area (Å²) in [5.74, 6) is 0.771. The van der Waals surface area contributed by atoms with Gasteiger partial charge in [-0.3, -0.25) is 4.79 Å². The van der Waals surface area contributed by atoms with Crippen molar-refractivity contribution in [3.63, 3.8) is 0 Å². The number of amides is 1. The number of hydrogen-bond acceptors (Lipinski definition) is 5. The Hall–Kier alpha value is -2.29. The van der Waals surface area contributed by atoms with E-state index >= 15 is 0 Å². The number of benzene rings is 2. The third kappa shape index (κ3) is 6.35. The molecule has 0 saturated heterocycles. The molecule has 7 nitrogen and oxygen atoms in total. The molecule has 0 aliphatic heterocycles. The number of carbonyl (C=O) groups is 1. The van der Waals surface area contributed by atoms with Crippen LogP contribution in [0.3, 0.4) is 0 Å². The lowest BCUT2D eigenvalue weighted by Crippen LogP contribution is -2.40. The van der Waals surface area contributed by atoms with Crippen LogP contribution in [0, 0.1) is 0 Å². The Labute approximate surface area is 176 Å². The molecular weight excluding hydrogens is 416 g/mol. The van der Waals surface area contributed by atoms with E-state index in [4.69, 9.17) is 21.1 Å². The van der Waals surface area contributed by atoms with Crippen LogP contribution in [0.2, 0.25) is 5.02 Å². The van der Waals surface area contributed by atoms with Crippen molar-refractivity contribution in [3.8, 4) is 11.5 Å². The van der Waals surface area contributed by atoms with Crippen molar-refractivity contribution in [1.82, 2.24) is 9.62 Å². The van der Waals surface area contributed by atoms with Crippen LogP contribution >= 0.6 is 11.6 Å². The molecule has 0 radical (unpaired) electrons. The van der Waals surface area contributed by atoms with E-state index in [-0.39, 0.29) is 13.1 Å². The molecular formula is C20H25ClN2O5S. The molecule has 0 bridgehead atoms. The second kappa shape index (κ2) is 9.96. The minimum Gasteiger partial charge on any atom is -0.497 e. The van der Waals surface area contributed by atoms with Crippen molar-refractivity contribution in [3.05, 3.63) is 58.6 Å². The quantitative estimate of drug-likeness (QED) is 0.647. The van der Waals surface area contributed by atoms with E-state index in [0.29, 0.717) is 22.1 Å². The Kier molecular flexibility index (Phi) is 7.89. The molecule has 0 aliphatic carbocycles. The van der Waals surface area contributed by atoms with Crippen LogP contribution in [0.15, 0.2) is 42.5 Å². The van der Waals surface area contributed by atoms with Gasteiger partial charge in [-0.1, -0.05) is 29.8 Å². The number of rotatable bonds is 9. The third-order valence-corrected chi connectivity index (χ3v) is 5.94. The van der Waals surface area contributed by atoms with Gasteiger partial charge in [-0.25, -0.2) is 8.42 Å². The lowest BCUT2D eigenvalue weighted by molar-refractivity contribution is -0.122. The second-order valence-electron chi connectivity index (χ2n) is 6.52. The SMILES string of the molecule is COc1ccc(OC)c(C(C)NC(=O)CN(Cc2ccccc2Cl)S(C)(=O)=O)c1. The van der Waals surface area contributed by atoms with Crippen LogP contribution in [-0.2, 0) is 21.4 Å². The largest absolute Gasteiger partial charge is 0.497 e. The van der Waals surface area contributed by atoms with Crippen molar-refractivity contribution < 1.29 is 22.7 Å². The molecule has 1 amide bonds. The first kappa shape index (κ1) is 23.0. The minimum atomic E-state index is -3.63. The first-order valence-corrected chi connectivity index (χ1v) is 11.1. The smallest absolute Gasteiger partial charge is 0.235 e. The molecule has 9 heteroatoms. The monoisotopic (exact) mass is 440 g/mol. The molecule has 0 spiro atoms. The van der Waals surface area contributed by atoms with Gasteiger partial charge < -0.3 is 14.8 Å². The fourth-order valence-corrected chi connectivity index (χ4v) is 3.73. The Morgan fingerprint density at radius 2 is 1.86 bits per heavy atom. The van der Waals surface area contributed by atoms with Gasteiger partial charge in [0.05, 0.1) is 33.1 Å². The molecule has 29 heavy (non-hydrogen) atoms. The Morgan fingerprint density at radius 1 is 1.17 bits per heavy atom. The Bertz CT molecular complexity index is 965. The molecule has 0 heterocycles. The number of halogens is 1. The van der Waals surface area contributed by atoms with Crippen LogP contribution in [0.4, 0.5) is 0 Å². The average molecular weight is 441 g/mol. The predicted octanol–water partition coefficient (Wildman–Crippen LogP) is 3.00. The number of nitrogens with one attached hydrogen (secondary N) is 1. The van der Waals surface area contributed by atoms with Gasteiger partial charge in [-0.15, -0.1) is 0 Å². The molecule has 0 saturated carbocycles. The lowest BCUT2D eigenvalue weighted by atomic mass is 10.1. The number of methoxy groups -OCH3 is 2. The van der Waals surface area contributed by atoms with Gasteiger partial charge in [0.2, 0.25) is 15.9 Å². The summed E-state index contributed by atoms with van der Waals surface area (Å²) in [7, 11) is -0.544. The molecule has 2 rings (SSSR count). The standard InChI is InChI=1S/C20H25ClN2O5S/c1-14(17-11-16(27-2)9-10-19(17)28-3)22-20(24)13-23(29(4,25)26)12-15-7-5-6-8-18(15)21/h5-11,14H,12-13H2,1-4H3,(H,22,24). The molecule has 1 unspecified atom stereocenters. The van der Waals surface area contributed by atoms with Gasteiger partial charge in [0.1, 0.15) is 11.5 Å². The van der Waals surface area contributed by atoms with Gasteiger partial charge in [0, 0.05) is 17.1 Å². The normalized spacial score (nSPS) is 12.5. The lowest BCUT2D eigenvalue weighted by Gasteiger charge is -2.22. The fourth-order valence-electron chi connectivity index (χ4n) is 2.81. The zero-order valence-electron chi connectivity index (χ0n) is 16.8. The number of carbonyl (C=O) groups excluding carboxylic acids is 1. The van der Waals surface area contributed by atoms with Crippen molar-refractivity contribution >= 4 is 27.5 Å². The maximum atomic E-state index is 12.6. The van der Waals surface area contributed by atoms with E-state index in [0.717, 1.165) is 16.1 Å². The number of sulfonamides is 1. The summed E-state index contributed by atoms with van der Waals surface area (Å²) in [5, 5.41) is 3.25. The number of nitrogens with zero attached hydrogens (tertiary/aromatic N) is 1. The first-order valence-electron chi connectivity index (χ1n) is 8.85. The first-order chi connectivity index (χ1) is 13.7. The van der Waals surface area contributed by atoms with Crippen LogP contribution in [-0.4, -0.2) is 45.7 Å². The van der Waals surface area contributed by atoms with E-state index in [2.05, 4.69) is 5.32 Å². The summed E-state index contributed by atoms with van der Waals surface area (Å²) in [5.41, 5.74) is 1.34. The third-order valence-electron chi connectivity index (χ3n) is 4.37. The molecule has 0 aliphatic rings. The summed E-state index contributed by atoms with van der Waals surface area (Å²) < 4.78 is 36.0. The van der Waals surface area contributed by atoms with E-state index in [1.807, 2.05) is 0 Å². The average Bonchev–Trinajstić information content (AvgIpc) is 2.67. The maximum Gasteiger partial charge on any atom is 0.235 e. The van der Waals surface area contributed by atoms with Crippen molar-refractivity contribution in [2.75, 3.05) is 27.0 Å². The molecule has 2 aromatic carbocycles. The van der Waals surface area contributed by atoms with Crippen LogP contribution < -0.4 is 14.8 Å². The van der Waals surface area contributed by atoms with Crippen molar-refractivity contribution in [1.29, 1.82) is 0 Å². The van der Waals surface area contributed by atoms with Crippen LogP contribution in [0.1, 0.15) is 24.1 Å². The fraction of sp³-hybridized carbons (Fsp3) is 0.350. The molecule has 0 aromatic heterocycles. The highest BCUT2D eigenvalue weighted by molar-refractivity contribution is 7.88. The van der Waals surface area contributed by atoms with Gasteiger partial charge >= 0.3 is 0 Å². The topological polar surface area (TPSA) is 84.9 Å². The molecule has 158 valence electrons. The zero-order chi connectivity index (χ0) is 21.6. The van der Waals surface area contributed by atoms with E-state index in [9.17, 15) is 13.2 Å². The van der Waals surface area contributed by atoms with Gasteiger partial charge in [0.15, 0.2) is 0 Å². The van der Waals surface area contributed by atoms with E-state index in [1.54, 1.807) is 56.5 Å².